The lowest BCUT2D eigenvalue weighted by atomic mass is 10.3. The van der Waals surface area contributed by atoms with Crippen LogP contribution in [0.5, 0.6) is 5.75 Å². The van der Waals surface area contributed by atoms with Gasteiger partial charge in [-0.25, -0.2) is 8.78 Å². The SMILES string of the molecule is NCCc1nc(COc2ccc(F)c(F)c2)no1. The molecule has 0 atom stereocenters. The van der Waals surface area contributed by atoms with Crippen molar-refractivity contribution >= 4 is 0 Å². The minimum absolute atomic E-state index is 0.0130. The van der Waals surface area contributed by atoms with Crippen molar-refractivity contribution in [3.8, 4) is 5.75 Å². The van der Waals surface area contributed by atoms with Gasteiger partial charge in [-0.3, -0.25) is 0 Å². The largest absolute Gasteiger partial charge is 0.485 e. The van der Waals surface area contributed by atoms with Crippen LogP contribution in [-0.4, -0.2) is 16.7 Å². The molecule has 96 valence electrons. The number of hydrogen-bond donors (Lipinski definition) is 1. The van der Waals surface area contributed by atoms with Crippen LogP contribution >= 0.6 is 0 Å². The van der Waals surface area contributed by atoms with Crippen LogP contribution in [0.15, 0.2) is 22.7 Å². The number of halogens is 2. The molecule has 0 fully saturated rings. The number of hydrogen-bond acceptors (Lipinski definition) is 5. The van der Waals surface area contributed by atoms with Crippen LogP contribution in [-0.2, 0) is 13.0 Å². The maximum absolute atomic E-state index is 12.9. The summed E-state index contributed by atoms with van der Waals surface area (Å²) in [5, 5.41) is 3.66. The smallest absolute Gasteiger partial charge is 0.228 e. The fourth-order valence-corrected chi connectivity index (χ4v) is 1.29. The molecule has 0 aliphatic carbocycles. The Morgan fingerprint density at radius 3 is 2.83 bits per heavy atom. The Hall–Kier alpha value is -2.02. The molecule has 1 heterocycles. The normalized spacial score (nSPS) is 10.6. The Morgan fingerprint density at radius 2 is 2.11 bits per heavy atom. The molecule has 0 aliphatic rings. The van der Waals surface area contributed by atoms with Crippen LogP contribution in [0.2, 0.25) is 0 Å². The van der Waals surface area contributed by atoms with Crippen molar-refractivity contribution < 1.29 is 18.0 Å². The molecule has 0 spiro atoms. The molecule has 0 amide bonds. The average Bonchev–Trinajstić information content (AvgIpc) is 2.79. The summed E-state index contributed by atoms with van der Waals surface area (Å²) in [7, 11) is 0. The third-order valence-corrected chi connectivity index (χ3v) is 2.13. The Kier molecular flexibility index (Phi) is 3.83. The summed E-state index contributed by atoms with van der Waals surface area (Å²) in [5.41, 5.74) is 5.33. The molecule has 1 aromatic heterocycles. The van der Waals surface area contributed by atoms with Crippen molar-refractivity contribution in [2.75, 3.05) is 6.54 Å². The van der Waals surface area contributed by atoms with Crippen LogP contribution in [0, 0.1) is 11.6 Å². The molecule has 1 aromatic carbocycles. The van der Waals surface area contributed by atoms with Gasteiger partial charge in [-0.15, -0.1) is 0 Å². The third kappa shape index (κ3) is 3.01. The van der Waals surface area contributed by atoms with E-state index in [2.05, 4.69) is 10.1 Å². The first-order valence-corrected chi connectivity index (χ1v) is 5.28. The minimum Gasteiger partial charge on any atom is -0.485 e. The summed E-state index contributed by atoms with van der Waals surface area (Å²) < 4.78 is 35.6. The molecular formula is C11H11F2N3O2. The Bertz CT molecular complexity index is 531. The van der Waals surface area contributed by atoms with E-state index in [1.165, 1.54) is 6.07 Å². The van der Waals surface area contributed by atoms with E-state index in [1.54, 1.807) is 0 Å². The van der Waals surface area contributed by atoms with Crippen LogP contribution in [0.4, 0.5) is 8.78 Å². The Labute approximate surface area is 102 Å². The molecule has 2 aromatic rings. The first-order chi connectivity index (χ1) is 8.69. The second-order valence-corrected chi connectivity index (χ2v) is 3.51. The van der Waals surface area contributed by atoms with Crippen molar-refractivity contribution in [1.82, 2.24) is 10.1 Å². The van der Waals surface area contributed by atoms with E-state index in [1.807, 2.05) is 0 Å². The van der Waals surface area contributed by atoms with Gasteiger partial charge in [0.2, 0.25) is 11.7 Å². The van der Waals surface area contributed by atoms with Crippen molar-refractivity contribution in [3.05, 3.63) is 41.5 Å². The quantitative estimate of drug-likeness (QED) is 0.874. The number of ether oxygens (including phenoxy) is 1. The monoisotopic (exact) mass is 255 g/mol. The predicted molar refractivity (Wildman–Crippen MR) is 57.7 cm³/mol. The molecule has 0 radical (unpaired) electrons. The van der Waals surface area contributed by atoms with Gasteiger partial charge in [-0.05, 0) is 12.1 Å². The molecule has 0 bridgehead atoms. The van der Waals surface area contributed by atoms with Crippen molar-refractivity contribution in [1.29, 1.82) is 0 Å². The van der Waals surface area contributed by atoms with Gasteiger partial charge in [-0.1, -0.05) is 5.16 Å². The molecule has 0 unspecified atom stereocenters. The zero-order chi connectivity index (χ0) is 13.0. The lowest BCUT2D eigenvalue weighted by Gasteiger charge is -2.03. The van der Waals surface area contributed by atoms with E-state index in [0.717, 1.165) is 12.1 Å². The second kappa shape index (κ2) is 5.54. The topological polar surface area (TPSA) is 74.2 Å². The van der Waals surface area contributed by atoms with Gasteiger partial charge in [0.1, 0.15) is 5.75 Å². The number of benzene rings is 1. The summed E-state index contributed by atoms with van der Waals surface area (Å²) in [6.07, 6.45) is 0.484. The van der Waals surface area contributed by atoms with Gasteiger partial charge in [0.15, 0.2) is 18.2 Å². The van der Waals surface area contributed by atoms with Crippen LogP contribution in [0.25, 0.3) is 0 Å². The third-order valence-electron chi connectivity index (χ3n) is 2.13. The maximum Gasteiger partial charge on any atom is 0.228 e. The summed E-state index contributed by atoms with van der Waals surface area (Å²) >= 11 is 0. The van der Waals surface area contributed by atoms with Crippen LogP contribution in [0.3, 0.4) is 0 Å². The zero-order valence-electron chi connectivity index (χ0n) is 9.40. The molecule has 5 nitrogen and oxygen atoms in total. The lowest BCUT2D eigenvalue weighted by Crippen LogP contribution is -2.03. The molecule has 2 N–H and O–H groups in total. The van der Waals surface area contributed by atoms with Crippen molar-refractivity contribution in [2.24, 2.45) is 5.73 Å². The molecule has 2 rings (SSSR count). The number of nitrogens with zero attached hydrogens (tertiary/aromatic N) is 2. The standard InChI is InChI=1S/C11H11F2N3O2/c12-8-2-1-7(5-9(8)13)17-6-10-15-11(3-4-14)18-16-10/h1-2,5H,3-4,6,14H2. The molecule has 7 heteroatoms. The first-order valence-electron chi connectivity index (χ1n) is 5.28. The van der Waals surface area contributed by atoms with E-state index in [0.29, 0.717) is 24.7 Å². The zero-order valence-corrected chi connectivity index (χ0v) is 9.40. The van der Waals surface area contributed by atoms with Crippen molar-refractivity contribution in [2.45, 2.75) is 13.0 Å². The molecule has 0 saturated carbocycles. The van der Waals surface area contributed by atoms with Crippen molar-refractivity contribution in [3.63, 3.8) is 0 Å². The van der Waals surface area contributed by atoms with E-state index in [4.69, 9.17) is 15.0 Å². The number of rotatable bonds is 5. The highest BCUT2D eigenvalue weighted by molar-refractivity contribution is 5.23. The maximum atomic E-state index is 12.9. The summed E-state index contributed by atoms with van der Waals surface area (Å²) in [4.78, 5) is 4.00. The van der Waals surface area contributed by atoms with Crippen LogP contribution < -0.4 is 10.5 Å². The summed E-state index contributed by atoms with van der Waals surface area (Å²) in [5.74, 6) is -0.958. The van der Waals surface area contributed by atoms with Gasteiger partial charge in [0.25, 0.3) is 0 Å². The van der Waals surface area contributed by atoms with Crippen LogP contribution in [0.1, 0.15) is 11.7 Å². The molecular weight excluding hydrogens is 244 g/mol. The van der Waals surface area contributed by atoms with E-state index >= 15 is 0 Å². The highest BCUT2D eigenvalue weighted by atomic mass is 19.2. The van der Waals surface area contributed by atoms with E-state index < -0.39 is 11.6 Å². The van der Waals surface area contributed by atoms with Gasteiger partial charge in [0, 0.05) is 19.0 Å². The molecule has 0 aliphatic heterocycles. The fourth-order valence-electron chi connectivity index (χ4n) is 1.29. The minimum atomic E-state index is -0.968. The molecule has 0 saturated heterocycles. The highest BCUT2D eigenvalue weighted by Gasteiger charge is 2.07. The molecule has 18 heavy (non-hydrogen) atoms. The van der Waals surface area contributed by atoms with E-state index in [-0.39, 0.29) is 12.4 Å². The second-order valence-electron chi connectivity index (χ2n) is 3.51. The summed E-state index contributed by atoms with van der Waals surface area (Å²) in [6.45, 7) is 0.421. The average molecular weight is 255 g/mol. The Morgan fingerprint density at radius 1 is 1.28 bits per heavy atom. The lowest BCUT2D eigenvalue weighted by molar-refractivity contribution is 0.283. The highest BCUT2D eigenvalue weighted by Crippen LogP contribution is 2.16. The van der Waals surface area contributed by atoms with Gasteiger partial charge >= 0.3 is 0 Å². The number of aromatic nitrogens is 2. The summed E-state index contributed by atoms with van der Waals surface area (Å²) in [6, 6.07) is 3.26. The van der Waals surface area contributed by atoms with Gasteiger partial charge in [-0.2, -0.15) is 4.98 Å². The fraction of sp³-hybridized carbons (Fsp3) is 0.273. The van der Waals surface area contributed by atoms with E-state index in [9.17, 15) is 8.78 Å². The number of nitrogens with two attached hydrogens (primary N) is 1. The predicted octanol–water partition coefficient (Wildman–Crippen LogP) is 1.43. The van der Waals surface area contributed by atoms with Gasteiger partial charge in [0.05, 0.1) is 0 Å². The first kappa shape index (κ1) is 12.4. The van der Waals surface area contributed by atoms with Gasteiger partial charge < -0.3 is 15.0 Å². The Balaban J connectivity index is 1.95.